The first-order valence-electron chi connectivity index (χ1n) is 22.9. The SMILES string of the molecule is C=C(CC12CC(C)CC(O1)C1OC3(CC1O2)NCC(C)CC3C)C1OC(O)(C(O)C2CC3OC4(CCC5(CC=CC(C=CC(O)CC(=O)O)O5)O4)C(C)CC3O2)CCC1C. The number of carbonyl (C=O) groups is 1. The van der Waals surface area contributed by atoms with E-state index < -0.39 is 65.4 Å². The molecule has 2 bridgehead atoms. The number of fused-ring (bicyclic) bond motifs is 5. The van der Waals surface area contributed by atoms with Crippen LogP contribution in [-0.4, -0.2) is 123 Å². The van der Waals surface area contributed by atoms with Crippen molar-refractivity contribution in [3.63, 3.8) is 0 Å². The van der Waals surface area contributed by atoms with Crippen molar-refractivity contribution >= 4 is 5.97 Å². The molecular weight excluding hydrogens is 775 g/mol. The molecule has 60 heavy (non-hydrogen) atoms. The molecule has 9 aliphatic heterocycles. The lowest BCUT2D eigenvalue weighted by molar-refractivity contribution is -0.366. The second-order valence-corrected chi connectivity index (χ2v) is 20.6. The van der Waals surface area contributed by atoms with Crippen LogP contribution in [0, 0.1) is 29.6 Å². The van der Waals surface area contributed by atoms with Gasteiger partial charge in [0.05, 0.1) is 55.3 Å². The lowest BCUT2D eigenvalue weighted by atomic mass is 9.79. The molecule has 3 spiro atoms. The van der Waals surface area contributed by atoms with Crippen molar-refractivity contribution < 1.29 is 63.1 Å². The number of carboxylic acids is 1. The van der Waals surface area contributed by atoms with E-state index in [1.165, 1.54) is 6.08 Å². The second kappa shape index (κ2) is 16.0. The van der Waals surface area contributed by atoms with Gasteiger partial charge >= 0.3 is 5.97 Å². The van der Waals surface area contributed by atoms with Gasteiger partial charge in [0.1, 0.15) is 17.9 Å². The largest absolute Gasteiger partial charge is 0.481 e. The van der Waals surface area contributed by atoms with Crippen LogP contribution in [0.4, 0.5) is 0 Å². The summed E-state index contributed by atoms with van der Waals surface area (Å²) in [5.74, 6) is -4.33. The Bertz CT molecular complexity index is 1690. The molecule has 9 heterocycles. The summed E-state index contributed by atoms with van der Waals surface area (Å²) >= 11 is 0. The average molecular weight is 844 g/mol. The predicted molar refractivity (Wildman–Crippen MR) is 216 cm³/mol. The molecule has 0 radical (unpaired) electrons. The number of hydrogen-bond acceptors (Lipinski definition) is 13. The van der Waals surface area contributed by atoms with Crippen LogP contribution in [0.3, 0.4) is 0 Å². The molecule has 20 unspecified atom stereocenters. The Hall–Kier alpha value is -1.79. The molecule has 9 rings (SSSR count). The highest BCUT2D eigenvalue weighted by Gasteiger charge is 2.64. The maximum absolute atomic E-state index is 12.2. The van der Waals surface area contributed by atoms with Crippen LogP contribution in [0.2, 0.25) is 0 Å². The van der Waals surface area contributed by atoms with Gasteiger partial charge in [-0.1, -0.05) is 65.5 Å². The maximum atomic E-state index is 12.2. The molecule has 14 nitrogen and oxygen atoms in total. The van der Waals surface area contributed by atoms with E-state index in [0.717, 1.165) is 37.8 Å². The highest BCUT2D eigenvalue weighted by Crippen LogP contribution is 2.55. The standard InChI is InChI=1S/C46H69NO13/c1-25-17-35-40-37(23-44(58-40)29(5)16-26(2)24-47-44)56-43(21-25,55-35)22-28(4)39-27(3)11-13-45(52,59-39)41(51)36-20-34-33(53-36)18-30(6)46(57-34)15-14-42(60-46)12-7-8-32(54-42)10-9-31(48)19-38(49)50/h7-10,25-27,29-37,39-41,47-48,51-52H,4,11-24H2,1-3,5-6H3,(H,49,50). The average Bonchev–Trinajstić information content (AvgIpc) is 3.87. The fraction of sp³-hybridized carbons (Fsp3) is 0.848. The topological polar surface area (TPSA) is 184 Å². The van der Waals surface area contributed by atoms with Gasteiger partial charge in [-0.2, -0.15) is 0 Å². The molecule has 0 aliphatic carbocycles. The molecule has 0 aromatic rings. The Morgan fingerprint density at radius 1 is 0.883 bits per heavy atom. The van der Waals surface area contributed by atoms with Crippen molar-refractivity contribution in [2.45, 2.75) is 208 Å². The minimum atomic E-state index is -1.86. The molecule has 0 amide bonds. The van der Waals surface area contributed by atoms with Gasteiger partial charge in [0.25, 0.3) is 0 Å². The zero-order valence-electron chi connectivity index (χ0n) is 36.0. The number of ether oxygens (including phenoxy) is 8. The molecule has 20 atom stereocenters. The maximum Gasteiger partial charge on any atom is 0.306 e. The van der Waals surface area contributed by atoms with Crippen LogP contribution >= 0.6 is 0 Å². The van der Waals surface area contributed by atoms with Crippen LogP contribution in [0.25, 0.3) is 0 Å². The highest BCUT2D eigenvalue weighted by atomic mass is 16.8. The van der Waals surface area contributed by atoms with E-state index in [2.05, 4.69) is 46.5 Å². The molecule has 9 aliphatic rings. The first-order valence-corrected chi connectivity index (χ1v) is 22.9. The number of aliphatic carboxylic acids is 1. The Balaban J connectivity index is 0.831. The number of aliphatic hydroxyl groups is 3. The minimum absolute atomic E-state index is 0.0478. The van der Waals surface area contributed by atoms with Gasteiger partial charge < -0.3 is 58.3 Å². The molecule has 0 saturated carbocycles. The molecule has 0 aromatic heterocycles. The van der Waals surface area contributed by atoms with Gasteiger partial charge in [-0.25, -0.2) is 0 Å². The van der Waals surface area contributed by atoms with Crippen molar-refractivity contribution in [3.8, 4) is 0 Å². The number of piperidine rings is 1. The minimum Gasteiger partial charge on any atom is -0.481 e. The quantitative estimate of drug-likeness (QED) is 0.196. The first kappa shape index (κ1) is 43.5. The first-order chi connectivity index (χ1) is 28.4. The van der Waals surface area contributed by atoms with Crippen LogP contribution in [0.15, 0.2) is 36.5 Å². The molecule has 0 aromatic carbocycles. The third-order valence-electron chi connectivity index (χ3n) is 15.6. The highest BCUT2D eigenvalue weighted by molar-refractivity contribution is 5.67. The summed E-state index contributed by atoms with van der Waals surface area (Å²) in [6.45, 7) is 16.5. The summed E-state index contributed by atoms with van der Waals surface area (Å²) in [7, 11) is 0. The lowest BCUT2D eigenvalue weighted by Crippen LogP contribution is -2.60. The summed E-state index contributed by atoms with van der Waals surface area (Å²) in [6, 6.07) is 0. The molecule has 336 valence electrons. The molecular formula is C46H69NO13. The summed E-state index contributed by atoms with van der Waals surface area (Å²) in [5.41, 5.74) is 0.376. The molecule has 8 saturated heterocycles. The summed E-state index contributed by atoms with van der Waals surface area (Å²) in [4.78, 5) is 11.0. The van der Waals surface area contributed by atoms with Crippen molar-refractivity contribution in [2.24, 2.45) is 29.6 Å². The van der Waals surface area contributed by atoms with Gasteiger partial charge in [0.15, 0.2) is 23.1 Å². The fourth-order valence-corrected chi connectivity index (χ4v) is 12.5. The number of hydrogen-bond donors (Lipinski definition) is 5. The summed E-state index contributed by atoms with van der Waals surface area (Å²) in [6.07, 6.45) is 8.96. The summed E-state index contributed by atoms with van der Waals surface area (Å²) in [5, 5.41) is 46.9. The second-order valence-electron chi connectivity index (χ2n) is 20.6. The van der Waals surface area contributed by atoms with Crippen LogP contribution in [0.5, 0.6) is 0 Å². The zero-order chi connectivity index (χ0) is 42.4. The van der Waals surface area contributed by atoms with E-state index in [1.54, 1.807) is 6.08 Å². The van der Waals surface area contributed by atoms with Gasteiger partial charge in [-0.3, -0.25) is 10.1 Å². The Labute approximate surface area is 354 Å². The van der Waals surface area contributed by atoms with Crippen LogP contribution in [0.1, 0.15) is 118 Å². The third kappa shape index (κ3) is 8.01. The smallest absolute Gasteiger partial charge is 0.306 e. The fourth-order valence-electron chi connectivity index (χ4n) is 12.5. The normalized spacial score (nSPS) is 52.2. The van der Waals surface area contributed by atoms with Gasteiger partial charge in [-0.05, 0) is 54.9 Å². The van der Waals surface area contributed by atoms with Gasteiger partial charge in [-0.15, -0.1) is 0 Å². The number of rotatable bonds is 9. The van der Waals surface area contributed by atoms with Crippen LogP contribution < -0.4 is 5.32 Å². The summed E-state index contributed by atoms with van der Waals surface area (Å²) < 4.78 is 53.7. The lowest BCUT2D eigenvalue weighted by Gasteiger charge is -2.52. The number of carboxylic acid groups (broad SMARTS) is 1. The van der Waals surface area contributed by atoms with E-state index >= 15 is 0 Å². The molecule has 8 fully saturated rings. The van der Waals surface area contributed by atoms with Crippen molar-refractivity contribution in [3.05, 3.63) is 36.5 Å². The Morgan fingerprint density at radius 3 is 2.47 bits per heavy atom. The van der Waals surface area contributed by atoms with E-state index in [4.69, 9.17) is 43.0 Å². The Kier molecular flexibility index (Phi) is 11.6. The van der Waals surface area contributed by atoms with E-state index in [1.807, 2.05) is 12.2 Å². The molecule has 14 heteroatoms. The van der Waals surface area contributed by atoms with Crippen molar-refractivity contribution in [1.82, 2.24) is 5.32 Å². The number of nitrogens with one attached hydrogen (secondary N) is 1. The van der Waals surface area contributed by atoms with Gasteiger partial charge in [0, 0.05) is 63.8 Å². The monoisotopic (exact) mass is 843 g/mol. The van der Waals surface area contributed by atoms with Crippen molar-refractivity contribution in [2.75, 3.05) is 6.54 Å². The molecule has 5 N–H and O–H groups in total. The Morgan fingerprint density at radius 2 is 1.68 bits per heavy atom. The van der Waals surface area contributed by atoms with Crippen molar-refractivity contribution in [1.29, 1.82) is 0 Å². The van der Waals surface area contributed by atoms with E-state index in [0.29, 0.717) is 62.7 Å². The van der Waals surface area contributed by atoms with Crippen LogP contribution in [-0.2, 0) is 42.7 Å². The van der Waals surface area contributed by atoms with Gasteiger partial charge in [0.2, 0.25) is 0 Å². The number of aliphatic hydroxyl groups excluding tert-OH is 2. The van der Waals surface area contributed by atoms with E-state index in [9.17, 15) is 20.1 Å². The third-order valence-corrected chi connectivity index (χ3v) is 15.6. The predicted octanol–water partition coefficient (Wildman–Crippen LogP) is 4.98. The van der Waals surface area contributed by atoms with E-state index in [-0.39, 0.29) is 55.2 Å². The zero-order valence-corrected chi connectivity index (χ0v) is 36.0.